The number of hydrogen-bond donors (Lipinski definition) is 0. The molecule has 0 aromatic carbocycles. The van der Waals surface area contributed by atoms with E-state index in [1.165, 1.54) is 18.1 Å². The lowest BCUT2D eigenvalue weighted by Crippen LogP contribution is -2.34. The van der Waals surface area contributed by atoms with Crippen molar-refractivity contribution in [2.24, 2.45) is 17.8 Å². The van der Waals surface area contributed by atoms with Crippen molar-refractivity contribution in [1.82, 2.24) is 0 Å². The van der Waals surface area contributed by atoms with Crippen LogP contribution in [0.1, 0.15) is 53.4 Å². The van der Waals surface area contributed by atoms with Crippen molar-refractivity contribution in [2.75, 3.05) is 0 Å². The minimum Gasteiger partial charge on any atom is -0.455 e. The summed E-state index contributed by atoms with van der Waals surface area (Å²) in [5.74, 6) is 0.881. The van der Waals surface area contributed by atoms with Gasteiger partial charge in [0.15, 0.2) is 5.78 Å². The third-order valence-corrected chi connectivity index (χ3v) is 4.89. The first-order chi connectivity index (χ1) is 10.9. The van der Waals surface area contributed by atoms with Crippen LogP contribution in [0.5, 0.6) is 0 Å². The molecule has 0 unspecified atom stereocenters. The average molecular weight is 316 g/mol. The molecule has 0 saturated heterocycles. The maximum atomic E-state index is 12.1. The van der Waals surface area contributed by atoms with Gasteiger partial charge in [0, 0.05) is 18.4 Å². The monoisotopic (exact) mass is 316 g/mol. The molecule has 0 aromatic heterocycles. The minimum atomic E-state index is -0.321. The number of rotatable bonds is 4. The van der Waals surface area contributed by atoms with Crippen LogP contribution in [-0.4, -0.2) is 17.9 Å². The number of ether oxygens (including phenoxy) is 1. The van der Waals surface area contributed by atoms with E-state index in [-0.39, 0.29) is 23.8 Å². The van der Waals surface area contributed by atoms with Crippen molar-refractivity contribution in [3.63, 3.8) is 0 Å². The van der Waals surface area contributed by atoms with Crippen LogP contribution in [0.15, 0.2) is 35.5 Å². The normalized spacial score (nSPS) is 28.7. The Morgan fingerprint density at radius 3 is 2.74 bits per heavy atom. The molecule has 3 atom stereocenters. The number of hydrogen-bond acceptors (Lipinski definition) is 3. The first kappa shape index (κ1) is 17.7. The highest BCUT2D eigenvalue weighted by atomic mass is 16.5. The summed E-state index contributed by atoms with van der Waals surface area (Å²) in [6.07, 6.45) is 10.9. The van der Waals surface area contributed by atoms with Gasteiger partial charge in [-0.3, -0.25) is 4.79 Å². The summed E-state index contributed by atoms with van der Waals surface area (Å²) in [7, 11) is 0. The van der Waals surface area contributed by atoms with E-state index in [0.717, 1.165) is 12.8 Å². The van der Waals surface area contributed by atoms with E-state index in [4.69, 9.17) is 4.74 Å². The number of allylic oxidation sites excluding steroid dienone is 4. The van der Waals surface area contributed by atoms with E-state index in [0.29, 0.717) is 23.8 Å². The second-order valence-electron chi connectivity index (χ2n) is 7.29. The molecule has 3 nitrogen and oxygen atoms in total. The highest BCUT2D eigenvalue weighted by Gasteiger charge is 2.32. The fraction of sp³-hybridized carbons (Fsp3) is 0.600. The molecule has 0 fully saturated rings. The smallest absolute Gasteiger partial charge is 0.331 e. The van der Waals surface area contributed by atoms with Gasteiger partial charge in [0.2, 0.25) is 0 Å². The van der Waals surface area contributed by atoms with E-state index < -0.39 is 0 Å². The van der Waals surface area contributed by atoms with Crippen molar-refractivity contribution in [2.45, 2.75) is 59.5 Å². The molecule has 0 amide bonds. The van der Waals surface area contributed by atoms with Crippen LogP contribution in [-0.2, 0) is 14.3 Å². The largest absolute Gasteiger partial charge is 0.455 e. The van der Waals surface area contributed by atoms with E-state index in [2.05, 4.69) is 26.8 Å². The van der Waals surface area contributed by atoms with Crippen LogP contribution in [0.3, 0.4) is 0 Å². The number of ketones is 1. The number of esters is 1. The molecule has 3 heteroatoms. The third-order valence-electron chi connectivity index (χ3n) is 4.89. The van der Waals surface area contributed by atoms with Crippen LogP contribution in [0.25, 0.3) is 0 Å². The Balaban J connectivity index is 2.00. The second-order valence-corrected chi connectivity index (χ2v) is 7.29. The first-order valence-electron chi connectivity index (χ1n) is 8.66. The van der Waals surface area contributed by atoms with Crippen molar-refractivity contribution in [3.8, 4) is 0 Å². The Bertz CT molecular complexity index is 551. The summed E-state index contributed by atoms with van der Waals surface area (Å²) in [6, 6.07) is 0. The predicted octanol–water partition coefficient (Wildman–Crippen LogP) is 4.39. The van der Waals surface area contributed by atoms with Gasteiger partial charge in [0.1, 0.15) is 6.10 Å². The third kappa shape index (κ3) is 4.92. The molecule has 2 aliphatic carbocycles. The van der Waals surface area contributed by atoms with Crippen molar-refractivity contribution in [1.29, 1.82) is 0 Å². The summed E-state index contributed by atoms with van der Waals surface area (Å²) in [4.78, 5) is 24.0. The van der Waals surface area contributed by atoms with Crippen LogP contribution in [0.2, 0.25) is 0 Å². The fourth-order valence-electron chi connectivity index (χ4n) is 3.32. The Labute approximate surface area is 139 Å². The first-order valence-corrected chi connectivity index (χ1v) is 8.66. The van der Waals surface area contributed by atoms with E-state index in [1.54, 1.807) is 6.92 Å². The maximum Gasteiger partial charge on any atom is 0.331 e. The molecule has 0 heterocycles. The molecule has 2 rings (SSSR count). The van der Waals surface area contributed by atoms with Crippen molar-refractivity contribution >= 4 is 11.8 Å². The SMILES string of the molecule is CC1=C[C@H](OC(=O)/C=C\C2=CCC[C@H](C)C2)[C@H](C(C)C)CC1=O. The second kappa shape index (κ2) is 7.76. The maximum absolute atomic E-state index is 12.1. The minimum absolute atomic E-state index is 0.0671. The zero-order chi connectivity index (χ0) is 17.0. The zero-order valence-electron chi connectivity index (χ0n) is 14.7. The van der Waals surface area contributed by atoms with Gasteiger partial charge in [0.25, 0.3) is 0 Å². The molecule has 2 aliphatic rings. The van der Waals surface area contributed by atoms with Gasteiger partial charge in [0.05, 0.1) is 0 Å². The van der Waals surface area contributed by atoms with Gasteiger partial charge in [-0.2, -0.15) is 0 Å². The van der Waals surface area contributed by atoms with Gasteiger partial charge in [-0.25, -0.2) is 4.79 Å². The van der Waals surface area contributed by atoms with E-state index in [1.807, 2.05) is 12.2 Å². The van der Waals surface area contributed by atoms with Gasteiger partial charge in [-0.05, 0) is 49.7 Å². The number of Topliss-reactive ketones (excluding diaryl/α,β-unsaturated/α-hetero) is 1. The fourth-order valence-corrected chi connectivity index (χ4v) is 3.32. The van der Waals surface area contributed by atoms with Gasteiger partial charge in [-0.15, -0.1) is 0 Å². The topological polar surface area (TPSA) is 43.4 Å². The molecule has 0 radical (unpaired) electrons. The molecular formula is C20H28O3. The van der Waals surface area contributed by atoms with E-state index >= 15 is 0 Å². The lowest BCUT2D eigenvalue weighted by Gasteiger charge is -2.31. The molecule has 0 aliphatic heterocycles. The van der Waals surface area contributed by atoms with Crippen LogP contribution in [0.4, 0.5) is 0 Å². The Kier molecular flexibility index (Phi) is 5.97. The molecule has 126 valence electrons. The van der Waals surface area contributed by atoms with Crippen LogP contribution in [0, 0.1) is 17.8 Å². The summed E-state index contributed by atoms with van der Waals surface area (Å²) >= 11 is 0. The van der Waals surface area contributed by atoms with Crippen molar-refractivity contribution in [3.05, 3.63) is 35.5 Å². The summed E-state index contributed by atoms with van der Waals surface area (Å²) < 4.78 is 5.62. The summed E-state index contributed by atoms with van der Waals surface area (Å²) in [6.45, 7) is 8.16. The predicted molar refractivity (Wildman–Crippen MR) is 91.8 cm³/mol. The molecule has 23 heavy (non-hydrogen) atoms. The Morgan fingerprint density at radius 1 is 1.35 bits per heavy atom. The molecular weight excluding hydrogens is 288 g/mol. The molecule has 0 N–H and O–H groups in total. The highest BCUT2D eigenvalue weighted by Crippen LogP contribution is 2.30. The Morgan fingerprint density at radius 2 is 2.09 bits per heavy atom. The van der Waals surface area contributed by atoms with Crippen LogP contribution >= 0.6 is 0 Å². The molecule has 0 spiro atoms. The van der Waals surface area contributed by atoms with E-state index in [9.17, 15) is 9.59 Å². The van der Waals surface area contributed by atoms with Gasteiger partial charge in [-0.1, -0.05) is 38.5 Å². The quantitative estimate of drug-likeness (QED) is 0.570. The lowest BCUT2D eigenvalue weighted by molar-refractivity contribution is -0.145. The highest BCUT2D eigenvalue weighted by molar-refractivity contribution is 5.96. The summed E-state index contributed by atoms with van der Waals surface area (Å²) in [5, 5.41) is 0. The average Bonchev–Trinajstić information content (AvgIpc) is 2.48. The van der Waals surface area contributed by atoms with Crippen molar-refractivity contribution < 1.29 is 14.3 Å². The molecule has 0 saturated carbocycles. The van der Waals surface area contributed by atoms with Gasteiger partial charge < -0.3 is 4.74 Å². The molecule has 0 bridgehead atoms. The van der Waals surface area contributed by atoms with Crippen LogP contribution < -0.4 is 0 Å². The standard InChI is InChI=1S/C20H28O3/c1-13(2)17-12-18(21)15(4)11-19(17)23-20(22)9-8-16-7-5-6-14(3)10-16/h7-9,11,13-14,17,19H,5-6,10,12H2,1-4H3/b9-8-/t14-,17-,19-/m0/s1. The number of carbonyl (C=O) groups is 2. The Hall–Kier alpha value is -1.64. The molecule has 0 aromatic rings. The summed E-state index contributed by atoms with van der Waals surface area (Å²) in [5.41, 5.74) is 1.92. The van der Waals surface area contributed by atoms with Gasteiger partial charge >= 0.3 is 5.97 Å². The zero-order valence-corrected chi connectivity index (χ0v) is 14.7. The number of carbonyl (C=O) groups excluding carboxylic acids is 2. The lowest BCUT2D eigenvalue weighted by atomic mass is 9.80.